The van der Waals surface area contributed by atoms with Gasteiger partial charge in [-0.3, -0.25) is 9.69 Å². The van der Waals surface area contributed by atoms with Gasteiger partial charge in [0.05, 0.1) is 6.54 Å². The lowest BCUT2D eigenvalue weighted by Gasteiger charge is -2.23. The molecule has 1 N–H and O–H groups in total. The van der Waals surface area contributed by atoms with E-state index in [4.69, 9.17) is 5.11 Å². The molecule has 0 fully saturated rings. The summed E-state index contributed by atoms with van der Waals surface area (Å²) >= 11 is 0. The molecule has 0 saturated carbocycles. The first-order valence-corrected chi connectivity index (χ1v) is 6.80. The maximum Gasteiger partial charge on any atom is 0.317 e. The largest absolute Gasteiger partial charge is 0.480 e. The Labute approximate surface area is 116 Å². The fourth-order valence-corrected chi connectivity index (χ4v) is 2.32. The maximum absolute atomic E-state index is 10.9. The van der Waals surface area contributed by atoms with E-state index in [0.717, 1.165) is 6.54 Å². The molecule has 0 unspecified atom stereocenters. The molecule has 3 heteroatoms. The van der Waals surface area contributed by atoms with Crippen molar-refractivity contribution in [1.29, 1.82) is 0 Å². The minimum atomic E-state index is -0.762. The van der Waals surface area contributed by atoms with E-state index in [1.165, 1.54) is 22.3 Å². The van der Waals surface area contributed by atoms with Gasteiger partial charge in [-0.2, -0.15) is 0 Å². The van der Waals surface area contributed by atoms with Gasteiger partial charge in [0.2, 0.25) is 0 Å². The van der Waals surface area contributed by atoms with E-state index >= 15 is 0 Å². The Morgan fingerprint density at radius 3 is 2.26 bits per heavy atom. The lowest BCUT2D eigenvalue weighted by atomic mass is 10.00. The minimum Gasteiger partial charge on any atom is -0.480 e. The third-order valence-electron chi connectivity index (χ3n) is 3.33. The SMILES string of the molecule is Cc1cc(C)c(CN(CC(=O)O)CC(C)C)cc1C. The number of carbonyl (C=O) groups is 1. The predicted octanol–water partition coefficient (Wildman–Crippen LogP) is 3.15. The predicted molar refractivity (Wildman–Crippen MR) is 78.4 cm³/mol. The van der Waals surface area contributed by atoms with Crippen LogP contribution < -0.4 is 0 Å². The molecule has 1 aromatic rings. The van der Waals surface area contributed by atoms with Crippen LogP contribution in [-0.4, -0.2) is 29.1 Å². The number of nitrogens with zero attached hydrogens (tertiary/aromatic N) is 1. The third-order valence-corrected chi connectivity index (χ3v) is 3.33. The van der Waals surface area contributed by atoms with Crippen LogP contribution in [0, 0.1) is 26.7 Å². The Morgan fingerprint density at radius 1 is 1.16 bits per heavy atom. The molecule has 0 spiro atoms. The Morgan fingerprint density at radius 2 is 1.74 bits per heavy atom. The highest BCUT2D eigenvalue weighted by molar-refractivity contribution is 5.69. The van der Waals surface area contributed by atoms with Gasteiger partial charge in [-0.25, -0.2) is 0 Å². The lowest BCUT2D eigenvalue weighted by molar-refractivity contribution is -0.138. The zero-order valence-corrected chi connectivity index (χ0v) is 12.7. The molecule has 0 heterocycles. The molecule has 0 saturated heterocycles. The second-order valence-corrected chi connectivity index (χ2v) is 5.82. The van der Waals surface area contributed by atoms with E-state index in [1.54, 1.807) is 0 Å². The van der Waals surface area contributed by atoms with Crippen molar-refractivity contribution < 1.29 is 9.90 Å². The molecular weight excluding hydrogens is 238 g/mol. The van der Waals surface area contributed by atoms with Crippen molar-refractivity contribution in [2.24, 2.45) is 5.92 Å². The van der Waals surface area contributed by atoms with Gasteiger partial charge in [0.25, 0.3) is 0 Å². The van der Waals surface area contributed by atoms with Gasteiger partial charge < -0.3 is 5.11 Å². The number of rotatable bonds is 6. The highest BCUT2D eigenvalue weighted by Gasteiger charge is 2.13. The minimum absolute atomic E-state index is 0.102. The van der Waals surface area contributed by atoms with Crippen LogP contribution in [0.2, 0.25) is 0 Å². The average molecular weight is 263 g/mol. The van der Waals surface area contributed by atoms with Gasteiger partial charge in [-0.1, -0.05) is 26.0 Å². The van der Waals surface area contributed by atoms with Gasteiger partial charge in [0, 0.05) is 13.1 Å². The number of carboxylic acids is 1. The van der Waals surface area contributed by atoms with Crippen molar-refractivity contribution in [3.8, 4) is 0 Å². The standard InChI is InChI=1S/C16H25NO2/c1-11(2)8-17(10-16(18)19)9-15-7-13(4)12(3)6-14(15)5/h6-7,11H,8-10H2,1-5H3,(H,18,19). The molecule has 0 bridgehead atoms. The number of benzene rings is 1. The first-order chi connectivity index (χ1) is 8.79. The second kappa shape index (κ2) is 6.71. The summed E-state index contributed by atoms with van der Waals surface area (Å²) in [5.41, 5.74) is 5.02. The Kier molecular flexibility index (Phi) is 5.55. The van der Waals surface area contributed by atoms with Crippen LogP contribution in [0.5, 0.6) is 0 Å². The fourth-order valence-electron chi connectivity index (χ4n) is 2.32. The first kappa shape index (κ1) is 15.7. The van der Waals surface area contributed by atoms with Crippen molar-refractivity contribution in [1.82, 2.24) is 4.90 Å². The summed E-state index contributed by atoms with van der Waals surface area (Å²) < 4.78 is 0. The number of aliphatic carboxylic acids is 1. The summed E-state index contributed by atoms with van der Waals surface area (Å²) in [7, 11) is 0. The quantitative estimate of drug-likeness (QED) is 0.857. The molecule has 0 aliphatic rings. The van der Waals surface area contributed by atoms with Crippen LogP contribution in [0.1, 0.15) is 36.1 Å². The molecule has 3 nitrogen and oxygen atoms in total. The zero-order valence-electron chi connectivity index (χ0n) is 12.7. The van der Waals surface area contributed by atoms with Crippen molar-refractivity contribution >= 4 is 5.97 Å². The van der Waals surface area contributed by atoms with Gasteiger partial charge in [0.1, 0.15) is 0 Å². The summed E-state index contributed by atoms with van der Waals surface area (Å²) in [5.74, 6) is -0.298. The Balaban J connectivity index is 2.89. The third kappa shape index (κ3) is 5.03. The van der Waals surface area contributed by atoms with Gasteiger partial charge in [-0.05, 0) is 48.9 Å². The maximum atomic E-state index is 10.9. The number of hydrogen-bond acceptors (Lipinski definition) is 2. The molecule has 0 atom stereocenters. The molecule has 0 amide bonds. The number of aryl methyl sites for hydroxylation is 3. The fraction of sp³-hybridized carbons (Fsp3) is 0.562. The second-order valence-electron chi connectivity index (χ2n) is 5.82. The highest BCUT2D eigenvalue weighted by Crippen LogP contribution is 2.17. The highest BCUT2D eigenvalue weighted by atomic mass is 16.4. The molecular formula is C16H25NO2. The van der Waals surface area contributed by atoms with E-state index in [-0.39, 0.29) is 6.54 Å². The van der Waals surface area contributed by atoms with E-state index in [1.807, 2.05) is 4.90 Å². The molecule has 1 aromatic carbocycles. The van der Waals surface area contributed by atoms with Crippen LogP contribution in [0.25, 0.3) is 0 Å². The smallest absolute Gasteiger partial charge is 0.317 e. The molecule has 0 aliphatic carbocycles. The average Bonchev–Trinajstić information content (AvgIpc) is 2.23. The van der Waals surface area contributed by atoms with Crippen molar-refractivity contribution in [2.75, 3.05) is 13.1 Å². The zero-order chi connectivity index (χ0) is 14.6. The summed E-state index contributed by atoms with van der Waals surface area (Å²) in [5, 5.41) is 9.00. The van der Waals surface area contributed by atoms with Gasteiger partial charge in [-0.15, -0.1) is 0 Å². The lowest BCUT2D eigenvalue weighted by Crippen LogP contribution is -2.32. The molecule has 0 radical (unpaired) electrons. The number of carboxylic acid groups (broad SMARTS) is 1. The number of hydrogen-bond donors (Lipinski definition) is 1. The van der Waals surface area contributed by atoms with Gasteiger partial charge >= 0.3 is 5.97 Å². The molecule has 19 heavy (non-hydrogen) atoms. The summed E-state index contributed by atoms with van der Waals surface area (Å²) in [4.78, 5) is 12.9. The molecule has 1 rings (SSSR count). The molecule has 0 aromatic heterocycles. The monoisotopic (exact) mass is 263 g/mol. The first-order valence-electron chi connectivity index (χ1n) is 6.80. The van der Waals surface area contributed by atoms with Crippen LogP contribution in [0.15, 0.2) is 12.1 Å². The Hall–Kier alpha value is -1.35. The van der Waals surface area contributed by atoms with Crippen molar-refractivity contribution in [2.45, 2.75) is 41.2 Å². The van der Waals surface area contributed by atoms with E-state index < -0.39 is 5.97 Å². The van der Waals surface area contributed by atoms with Crippen LogP contribution in [0.3, 0.4) is 0 Å². The summed E-state index contributed by atoms with van der Waals surface area (Å²) in [6.07, 6.45) is 0. The Bertz CT molecular complexity index is 452. The topological polar surface area (TPSA) is 40.5 Å². The van der Waals surface area contributed by atoms with Gasteiger partial charge in [0.15, 0.2) is 0 Å². The normalized spacial score (nSPS) is 11.3. The van der Waals surface area contributed by atoms with E-state index in [2.05, 4.69) is 46.8 Å². The molecule has 106 valence electrons. The summed E-state index contributed by atoms with van der Waals surface area (Å²) in [6.45, 7) is 12.1. The molecule has 0 aliphatic heterocycles. The van der Waals surface area contributed by atoms with Crippen molar-refractivity contribution in [3.05, 3.63) is 34.4 Å². The van der Waals surface area contributed by atoms with E-state index in [0.29, 0.717) is 12.5 Å². The van der Waals surface area contributed by atoms with Crippen molar-refractivity contribution in [3.63, 3.8) is 0 Å². The van der Waals surface area contributed by atoms with Crippen LogP contribution >= 0.6 is 0 Å². The van der Waals surface area contributed by atoms with Crippen LogP contribution in [0.4, 0.5) is 0 Å². The van der Waals surface area contributed by atoms with E-state index in [9.17, 15) is 4.79 Å². The summed E-state index contributed by atoms with van der Waals surface area (Å²) in [6, 6.07) is 4.36. The van der Waals surface area contributed by atoms with Crippen LogP contribution in [-0.2, 0) is 11.3 Å².